The Morgan fingerprint density at radius 2 is 1.76 bits per heavy atom. The molecule has 0 aliphatic rings. The van der Waals surface area contributed by atoms with Crippen LogP contribution in [0.1, 0.15) is 0 Å². The SMILES string of the molecule is Nc1cc2ccccc2c(=O)n1-c1cc(Br)c(F)cc1F. The molecule has 0 atom stereocenters. The van der Waals surface area contributed by atoms with Crippen LogP contribution >= 0.6 is 15.9 Å². The lowest BCUT2D eigenvalue weighted by Crippen LogP contribution is -2.22. The summed E-state index contributed by atoms with van der Waals surface area (Å²) in [6.45, 7) is 0. The van der Waals surface area contributed by atoms with E-state index in [4.69, 9.17) is 5.73 Å². The molecule has 0 aliphatic heterocycles. The Hall–Kier alpha value is -2.21. The number of hydrogen-bond acceptors (Lipinski definition) is 2. The lowest BCUT2D eigenvalue weighted by molar-refractivity contribution is 0.573. The highest BCUT2D eigenvalue weighted by atomic mass is 79.9. The molecule has 0 saturated heterocycles. The highest BCUT2D eigenvalue weighted by Gasteiger charge is 2.15. The van der Waals surface area contributed by atoms with Crippen LogP contribution in [0.5, 0.6) is 0 Å². The van der Waals surface area contributed by atoms with Gasteiger partial charge in [0.2, 0.25) is 0 Å². The van der Waals surface area contributed by atoms with Gasteiger partial charge in [-0.3, -0.25) is 9.36 Å². The van der Waals surface area contributed by atoms with Crippen LogP contribution in [-0.2, 0) is 0 Å². The fraction of sp³-hybridized carbons (Fsp3) is 0. The zero-order valence-corrected chi connectivity index (χ0v) is 12.2. The summed E-state index contributed by atoms with van der Waals surface area (Å²) in [5.41, 5.74) is 5.31. The molecule has 0 unspecified atom stereocenters. The molecule has 3 aromatic rings. The van der Waals surface area contributed by atoms with Gasteiger partial charge in [-0.1, -0.05) is 18.2 Å². The van der Waals surface area contributed by atoms with Crippen molar-refractivity contribution in [1.29, 1.82) is 0 Å². The van der Waals surface area contributed by atoms with Gasteiger partial charge in [-0.05, 0) is 39.5 Å². The third-order valence-electron chi connectivity index (χ3n) is 3.19. The number of halogens is 3. The number of nitrogens with two attached hydrogens (primary N) is 1. The van der Waals surface area contributed by atoms with Crippen LogP contribution in [-0.4, -0.2) is 4.57 Å². The Morgan fingerprint density at radius 1 is 1.05 bits per heavy atom. The van der Waals surface area contributed by atoms with E-state index in [1.165, 1.54) is 6.07 Å². The van der Waals surface area contributed by atoms with E-state index in [-0.39, 0.29) is 16.0 Å². The monoisotopic (exact) mass is 350 g/mol. The minimum Gasteiger partial charge on any atom is -0.385 e. The van der Waals surface area contributed by atoms with Crippen molar-refractivity contribution in [2.75, 3.05) is 5.73 Å². The van der Waals surface area contributed by atoms with E-state index in [1.807, 2.05) is 0 Å². The van der Waals surface area contributed by atoms with Gasteiger partial charge in [0.15, 0.2) is 0 Å². The van der Waals surface area contributed by atoms with Crippen LogP contribution < -0.4 is 11.3 Å². The van der Waals surface area contributed by atoms with Crippen molar-refractivity contribution in [1.82, 2.24) is 4.57 Å². The Bertz CT molecular complexity index is 921. The Labute approximate surface area is 126 Å². The van der Waals surface area contributed by atoms with Crippen LogP contribution in [0.25, 0.3) is 16.5 Å². The number of hydrogen-bond donors (Lipinski definition) is 1. The molecule has 1 heterocycles. The van der Waals surface area contributed by atoms with Crippen molar-refractivity contribution >= 4 is 32.5 Å². The molecular formula is C15H9BrF2N2O. The summed E-state index contributed by atoms with van der Waals surface area (Å²) in [6, 6.07) is 10.3. The third-order valence-corrected chi connectivity index (χ3v) is 3.79. The van der Waals surface area contributed by atoms with E-state index in [9.17, 15) is 13.6 Å². The smallest absolute Gasteiger partial charge is 0.264 e. The van der Waals surface area contributed by atoms with E-state index in [2.05, 4.69) is 15.9 Å². The zero-order chi connectivity index (χ0) is 15.1. The van der Waals surface area contributed by atoms with Crippen molar-refractivity contribution in [2.24, 2.45) is 0 Å². The number of aromatic nitrogens is 1. The van der Waals surface area contributed by atoms with Gasteiger partial charge < -0.3 is 5.73 Å². The van der Waals surface area contributed by atoms with Gasteiger partial charge in [0.05, 0.1) is 10.2 Å². The second-order valence-corrected chi connectivity index (χ2v) is 5.37. The van der Waals surface area contributed by atoms with Crippen molar-refractivity contribution in [3.05, 3.63) is 68.9 Å². The van der Waals surface area contributed by atoms with E-state index in [0.717, 1.165) is 4.57 Å². The first kappa shape index (κ1) is 13.8. The summed E-state index contributed by atoms with van der Waals surface area (Å²) in [5.74, 6) is -1.53. The van der Waals surface area contributed by atoms with Gasteiger partial charge in [-0.15, -0.1) is 0 Å². The predicted molar refractivity (Wildman–Crippen MR) is 81.6 cm³/mol. The fourth-order valence-electron chi connectivity index (χ4n) is 2.21. The number of pyridine rings is 1. The number of nitrogens with zero attached hydrogens (tertiary/aromatic N) is 1. The van der Waals surface area contributed by atoms with E-state index < -0.39 is 17.2 Å². The van der Waals surface area contributed by atoms with Gasteiger partial charge in [-0.2, -0.15) is 0 Å². The first-order chi connectivity index (χ1) is 9.99. The van der Waals surface area contributed by atoms with Crippen molar-refractivity contribution in [2.45, 2.75) is 0 Å². The molecule has 0 aliphatic carbocycles. The normalized spacial score (nSPS) is 11.0. The highest BCUT2D eigenvalue weighted by Crippen LogP contribution is 2.25. The van der Waals surface area contributed by atoms with Crippen LogP contribution in [0.15, 0.2) is 51.7 Å². The first-order valence-electron chi connectivity index (χ1n) is 6.04. The molecule has 6 heteroatoms. The molecule has 1 aromatic heterocycles. The van der Waals surface area contributed by atoms with Crippen molar-refractivity contribution in [3.8, 4) is 5.69 Å². The number of anilines is 1. The lowest BCUT2D eigenvalue weighted by Gasteiger charge is -2.12. The quantitative estimate of drug-likeness (QED) is 0.681. The average molecular weight is 351 g/mol. The summed E-state index contributed by atoms with van der Waals surface area (Å²) < 4.78 is 28.4. The number of benzene rings is 2. The van der Waals surface area contributed by atoms with E-state index >= 15 is 0 Å². The molecule has 106 valence electrons. The maximum atomic E-state index is 14.0. The van der Waals surface area contributed by atoms with Crippen LogP contribution in [0.4, 0.5) is 14.6 Å². The van der Waals surface area contributed by atoms with Gasteiger partial charge in [-0.25, -0.2) is 8.78 Å². The molecule has 0 amide bonds. The molecule has 2 N–H and O–H groups in total. The molecule has 2 aromatic carbocycles. The summed E-state index contributed by atoms with van der Waals surface area (Å²) in [5, 5.41) is 1.07. The molecule has 0 bridgehead atoms. The Morgan fingerprint density at radius 3 is 2.52 bits per heavy atom. The molecule has 21 heavy (non-hydrogen) atoms. The average Bonchev–Trinajstić information content (AvgIpc) is 2.44. The van der Waals surface area contributed by atoms with E-state index in [0.29, 0.717) is 16.8 Å². The molecule has 3 nitrogen and oxygen atoms in total. The maximum Gasteiger partial charge on any atom is 0.264 e. The standard InChI is InChI=1S/C15H9BrF2N2O/c16-10-6-13(12(18)7-11(10)17)20-14(19)5-8-3-1-2-4-9(8)15(20)21/h1-7H,19H2. The summed E-state index contributed by atoms with van der Waals surface area (Å²) >= 11 is 2.98. The summed E-state index contributed by atoms with van der Waals surface area (Å²) in [7, 11) is 0. The second kappa shape index (κ2) is 4.96. The number of fused-ring (bicyclic) bond motifs is 1. The fourth-order valence-corrected chi connectivity index (χ4v) is 2.54. The molecular weight excluding hydrogens is 342 g/mol. The Balaban J connectivity index is 2.41. The van der Waals surface area contributed by atoms with Gasteiger partial charge >= 0.3 is 0 Å². The van der Waals surface area contributed by atoms with Crippen LogP contribution in [0, 0.1) is 11.6 Å². The topological polar surface area (TPSA) is 48.0 Å². The van der Waals surface area contributed by atoms with Gasteiger partial charge in [0.25, 0.3) is 5.56 Å². The molecule has 3 rings (SSSR count). The minimum atomic E-state index is -0.861. The Kier molecular flexibility index (Phi) is 3.25. The van der Waals surface area contributed by atoms with Gasteiger partial charge in [0, 0.05) is 11.5 Å². The molecule has 0 fully saturated rings. The summed E-state index contributed by atoms with van der Waals surface area (Å²) in [4.78, 5) is 12.5. The first-order valence-corrected chi connectivity index (χ1v) is 6.83. The van der Waals surface area contributed by atoms with Crippen LogP contribution in [0.3, 0.4) is 0 Å². The molecule has 0 spiro atoms. The number of rotatable bonds is 1. The van der Waals surface area contributed by atoms with Crippen molar-refractivity contribution < 1.29 is 8.78 Å². The van der Waals surface area contributed by atoms with Crippen LogP contribution in [0.2, 0.25) is 0 Å². The van der Waals surface area contributed by atoms with Crippen molar-refractivity contribution in [3.63, 3.8) is 0 Å². The summed E-state index contributed by atoms with van der Waals surface area (Å²) in [6.07, 6.45) is 0. The minimum absolute atomic E-state index is 0.0540. The van der Waals surface area contributed by atoms with E-state index in [1.54, 1.807) is 30.3 Å². The second-order valence-electron chi connectivity index (χ2n) is 4.51. The third kappa shape index (κ3) is 2.21. The predicted octanol–water partition coefficient (Wildman–Crippen LogP) is 3.61. The lowest BCUT2D eigenvalue weighted by atomic mass is 10.1. The number of nitrogen functional groups attached to an aromatic ring is 1. The molecule has 0 radical (unpaired) electrons. The van der Waals surface area contributed by atoms with Gasteiger partial charge in [0.1, 0.15) is 17.5 Å². The zero-order valence-electron chi connectivity index (χ0n) is 10.6. The maximum absolute atomic E-state index is 14.0. The largest absolute Gasteiger partial charge is 0.385 e. The highest BCUT2D eigenvalue weighted by molar-refractivity contribution is 9.10. The molecule has 0 saturated carbocycles.